The van der Waals surface area contributed by atoms with E-state index in [9.17, 15) is 4.79 Å². The van der Waals surface area contributed by atoms with Crippen LogP contribution in [0, 0.1) is 19.8 Å². The number of benzene rings is 3. The third-order valence-corrected chi connectivity index (χ3v) is 7.17. The predicted octanol–water partition coefficient (Wildman–Crippen LogP) is 7.38. The first kappa shape index (κ1) is 24.8. The number of rotatable bonds is 7. The lowest BCUT2D eigenvalue weighted by Crippen LogP contribution is -2.16. The van der Waals surface area contributed by atoms with E-state index in [1.807, 2.05) is 67.1 Å². The molecule has 1 N–H and O–H groups in total. The van der Waals surface area contributed by atoms with E-state index in [-0.39, 0.29) is 23.2 Å². The smallest absolute Gasteiger partial charge is 0.228 e. The number of ether oxygens (including phenoxy) is 1. The van der Waals surface area contributed by atoms with Crippen LogP contribution < -0.4 is 10.1 Å². The zero-order chi connectivity index (χ0) is 26.2. The minimum absolute atomic E-state index is 0.00875. The lowest BCUT2D eigenvalue weighted by Gasteiger charge is -2.19. The maximum atomic E-state index is 13.1. The van der Waals surface area contributed by atoms with Gasteiger partial charge in [-0.15, -0.1) is 0 Å². The molecule has 1 aliphatic rings. The van der Waals surface area contributed by atoms with Gasteiger partial charge in [0.05, 0.1) is 23.6 Å². The summed E-state index contributed by atoms with van der Waals surface area (Å²) in [6, 6.07) is 26.5. The molecule has 1 amide bonds. The topological polar surface area (TPSA) is 56.1 Å². The number of amides is 1. The quantitative estimate of drug-likeness (QED) is 0.292. The van der Waals surface area contributed by atoms with Crippen LogP contribution in [0.4, 0.5) is 5.69 Å². The molecule has 190 valence electrons. The van der Waals surface area contributed by atoms with Crippen LogP contribution >= 0.6 is 0 Å². The molecule has 5 heteroatoms. The summed E-state index contributed by atoms with van der Waals surface area (Å²) in [4.78, 5) is 13.1. The summed E-state index contributed by atoms with van der Waals surface area (Å²) in [5, 5.41) is 7.90. The fourth-order valence-corrected chi connectivity index (χ4v) is 4.84. The molecule has 0 radical (unpaired) electrons. The van der Waals surface area contributed by atoms with Gasteiger partial charge in [-0.2, -0.15) is 5.10 Å². The van der Waals surface area contributed by atoms with Crippen LogP contribution in [0.1, 0.15) is 61.2 Å². The zero-order valence-electron chi connectivity index (χ0n) is 22.3. The lowest BCUT2D eigenvalue weighted by atomic mass is 9.86. The molecular formula is C32H35N3O2. The van der Waals surface area contributed by atoms with Crippen LogP contribution in [0.15, 0.2) is 78.9 Å². The normalized spacial score (nSPS) is 16.9. The molecule has 4 aromatic rings. The molecule has 0 unspecified atom stereocenters. The predicted molar refractivity (Wildman–Crippen MR) is 148 cm³/mol. The average molecular weight is 494 g/mol. The minimum Gasteiger partial charge on any atom is -0.457 e. The van der Waals surface area contributed by atoms with E-state index in [2.05, 4.69) is 56.4 Å². The van der Waals surface area contributed by atoms with Gasteiger partial charge in [-0.05, 0) is 72.6 Å². The number of para-hydroxylation sites is 1. The minimum atomic E-state index is 0.00875. The molecule has 5 rings (SSSR count). The highest BCUT2D eigenvalue weighted by Gasteiger charge is 2.44. The van der Waals surface area contributed by atoms with E-state index in [4.69, 9.17) is 9.84 Å². The van der Waals surface area contributed by atoms with Crippen LogP contribution in [0.3, 0.4) is 0 Å². The highest BCUT2D eigenvalue weighted by molar-refractivity contribution is 5.96. The Morgan fingerprint density at radius 3 is 2.38 bits per heavy atom. The largest absolute Gasteiger partial charge is 0.457 e. The van der Waals surface area contributed by atoms with Crippen LogP contribution in [-0.2, 0) is 16.8 Å². The fraction of sp³-hybridized carbons (Fsp3) is 0.312. The van der Waals surface area contributed by atoms with Crippen molar-refractivity contribution in [1.29, 1.82) is 0 Å². The van der Waals surface area contributed by atoms with Crippen molar-refractivity contribution >= 4 is 11.6 Å². The summed E-state index contributed by atoms with van der Waals surface area (Å²) in [5.41, 5.74) is 6.36. The van der Waals surface area contributed by atoms with Gasteiger partial charge in [0.2, 0.25) is 5.91 Å². The Morgan fingerprint density at radius 1 is 0.973 bits per heavy atom. The second-order valence-corrected chi connectivity index (χ2v) is 11.1. The first-order chi connectivity index (χ1) is 17.7. The molecule has 37 heavy (non-hydrogen) atoms. The summed E-state index contributed by atoms with van der Waals surface area (Å²) in [5.74, 6) is 1.97. The second-order valence-electron chi connectivity index (χ2n) is 11.1. The summed E-state index contributed by atoms with van der Waals surface area (Å²) >= 11 is 0. The van der Waals surface area contributed by atoms with Gasteiger partial charge in [0.25, 0.3) is 0 Å². The number of aryl methyl sites for hydroxylation is 1. The van der Waals surface area contributed by atoms with E-state index in [0.717, 1.165) is 40.6 Å². The molecule has 2 atom stereocenters. The number of carbonyl (C=O) groups is 1. The number of nitrogens with one attached hydrogen (secondary N) is 1. The van der Waals surface area contributed by atoms with Crippen molar-refractivity contribution in [3.05, 3.63) is 107 Å². The molecule has 1 aromatic heterocycles. The highest BCUT2D eigenvalue weighted by atomic mass is 16.5. The van der Waals surface area contributed by atoms with Crippen LogP contribution in [-0.4, -0.2) is 15.7 Å². The molecule has 3 aromatic carbocycles. The molecule has 0 spiro atoms. The summed E-state index contributed by atoms with van der Waals surface area (Å²) < 4.78 is 7.93. The van der Waals surface area contributed by atoms with E-state index >= 15 is 0 Å². The van der Waals surface area contributed by atoms with E-state index in [1.165, 1.54) is 11.1 Å². The molecule has 1 saturated carbocycles. The van der Waals surface area contributed by atoms with Crippen LogP contribution in [0.2, 0.25) is 0 Å². The van der Waals surface area contributed by atoms with Gasteiger partial charge in [-0.3, -0.25) is 9.48 Å². The van der Waals surface area contributed by atoms with Gasteiger partial charge in [0.15, 0.2) is 0 Å². The third kappa shape index (κ3) is 5.61. The fourth-order valence-electron chi connectivity index (χ4n) is 4.84. The summed E-state index contributed by atoms with van der Waals surface area (Å²) in [6.07, 6.45) is 0.890. The number of aromatic nitrogens is 2. The van der Waals surface area contributed by atoms with Gasteiger partial charge < -0.3 is 10.1 Å². The molecular weight excluding hydrogens is 458 g/mol. The number of nitrogens with zero attached hydrogens (tertiary/aromatic N) is 2. The first-order valence-electron chi connectivity index (χ1n) is 13.0. The van der Waals surface area contributed by atoms with Crippen molar-refractivity contribution in [1.82, 2.24) is 9.78 Å². The molecule has 0 aliphatic heterocycles. The molecule has 1 aliphatic carbocycles. The van der Waals surface area contributed by atoms with E-state index < -0.39 is 0 Å². The highest BCUT2D eigenvalue weighted by Crippen LogP contribution is 2.48. The Labute approximate surface area is 219 Å². The van der Waals surface area contributed by atoms with Crippen molar-refractivity contribution in [2.75, 3.05) is 5.32 Å². The van der Waals surface area contributed by atoms with Crippen molar-refractivity contribution in [2.24, 2.45) is 5.92 Å². The Kier molecular flexibility index (Phi) is 6.63. The van der Waals surface area contributed by atoms with E-state index in [1.54, 1.807) is 0 Å². The SMILES string of the molecule is Cc1nn(Cc2cccc(Oc3ccccc3)c2)c(C)c1NC(=O)[C@H]1C[C@@H]1c1ccc(C(C)(C)C)cc1. The first-order valence-corrected chi connectivity index (χ1v) is 13.0. The number of hydrogen-bond acceptors (Lipinski definition) is 3. The maximum Gasteiger partial charge on any atom is 0.228 e. The number of carbonyl (C=O) groups excluding carboxylic acids is 1. The van der Waals surface area contributed by atoms with Gasteiger partial charge >= 0.3 is 0 Å². The summed E-state index contributed by atoms with van der Waals surface area (Å²) in [6.45, 7) is 11.2. The Balaban J connectivity index is 1.24. The van der Waals surface area contributed by atoms with Gasteiger partial charge in [-0.1, -0.05) is 75.4 Å². The number of anilines is 1. The van der Waals surface area contributed by atoms with Gasteiger partial charge in [-0.25, -0.2) is 0 Å². The maximum absolute atomic E-state index is 13.1. The van der Waals surface area contributed by atoms with Gasteiger partial charge in [0.1, 0.15) is 11.5 Å². The molecule has 0 bridgehead atoms. The molecule has 1 heterocycles. The number of hydrogen-bond donors (Lipinski definition) is 1. The van der Waals surface area contributed by atoms with Crippen LogP contribution in [0.5, 0.6) is 11.5 Å². The molecule has 1 fully saturated rings. The van der Waals surface area contributed by atoms with E-state index in [0.29, 0.717) is 6.54 Å². The standard InChI is InChI=1S/C32H35N3O2/c1-21-30(33-31(36)29-19-28(29)24-14-16-25(17-15-24)32(3,4)5)22(2)35(34-21)20-23-10-9-13-27(18-23)37-26-11-7-6-8-12-26/h6-18,28-29H,19-20H2,1-5H3,(H,33,36)/t28-,29+/m1/s1. The monoisotopic (exact) mass is 493 g/mol. The second kappa shape index (κ2) is 9.89. The summed E-state index contributed by atoms with van der Waals surface area (Å²) in [7, 11) is 0. The molecule has 5 nitrogen and oxygen atoms in total. The Bertz CT molecular complexity index is 1400. The third-order valence-electron chi connectivity index (χ3n) is 7.17. The van der Waals surface area contributed by atoms with Crippen molar-refractivity contribution < 1.29 is 9.53 Å². The Hall–Kier alpha value is -3.86. The van der Waals surface area contributed by atoms with Crippen molar-refractivity contribution in [3.8, 4) is 11.5 Å². The Morgan fingerprint density at radius 2 is 1.68 bits per heavy atom. The van der Waals surface area contributed by atoms with Crippen LogP contribution in [0.25, 0.3) is 0 Å². The van der Waals surface area contributed by atoms with Crippen molar-refractivity contribution in [2.45, 2.75) is 58.9 Å². The zero-order valence-corrected chi connectivity index (χ0v) is 22.3. The lowest BCUT2D eigenvalue weighted by molar-refractivity contribution is -0.117. The van der Waals surface area contributed by atoms with Gasteiger partial charge in [0, 0.05) is 5.92 Å². The van der Waals surface area contributed by atoms with Crippen molar-refractivity contribution in [3.63, 3.8) is 0 Å². The average Bonchev–Trinajstić information content (AvgIpc) is 3.63. The molecule has 0 saturated heterocycles.